The maximum atomic E-state index is 13.9. The maximum Gasteiger partial charge on any atom is 0.275 e. The highest BCUT2D eigenvalue weighted by atomic mass is 35.5. The summed E-state index contributed by atoms with van der Waals surface area (Å²) < 4.78 is 9.36. The summed E-state index contributed by atoms with van der Waals surface area (Å²) in [6.07, 6.45) is 0. The molecule has 3 aromatic heterocycles. The van der Waals surface area contributed by atoms with Crippen LogP contribution in [0.4, 0.5) is 0 Å². The largest absolute Gasteiger partial charge is 0.460 e. The first-order valence-electron chi connectivity index (χ1n) is 12.5. The molecule has 0 saturated heterocycles. The van der Waals surface area contributed by atoms with Gasteiger partial charge < -0.3 is 4.42 Å². The Hall–Kier alpha value is -4.75. The van der Waals surface area contributed by atoms with Crippen LogP contribution in [-0.4, -0.2) is 19.6 Å². The number of nitrogens with one attached hydrogen (secondary N) is 2. The minimum Gasteiger partial charge on any atom is -0.460 e. The predicted molar refractivity (Wildman–Crippen MR) is 152 cm³/mol. The Balaban J connectivity index is 1.57. The van der Waals surface area contributed by atoms with Crippen LogP contribution in [0.1, 0.15) is 34.2 Å². The standard InChI is InChI=1S/C31H25ClN4O3/c1-19-27(30(37)35(33-19)23-9-5-3-6-10-23)29(26-18-17-25(39-26)21-13-15-22(32)16-14-21)28-20(2)34-36(31(28)38)24-11-7-4-8-12-24/h3-18,29,33-34H,1-2H3. The molecule has 0 aliphatic rings. The smallest absolute Gasteiger partial charge is 0.275 e. The van der Waals surface area contributed by atoms with Crippen LogP contribution in [0.2, 0.25) is 5.02 Å². The van der Waals surface area contributed by atoms with Gasteiger partial charge in [-0.2, -0.15) is 0 Å². The zero-order chi connectivity index (χ0) is 27.1. The fraction of sp³-hybridized carbons (Fsp3) is 0.0968. The van der Waals surface area contributed by atoms with Gasteiger partial charge >= 0.3 is 0 Å². The van der Waals surface area contributed by atoms with E-state index in [0.717, 1.165) is 5.56 Å². The SMILES string of the molecule is Cc1[nH]n(-c2ccccc2)c(=O)c1C(c1ccc(-c2ccc(Cl)cc2)o1)c1c(C)[nH]n(-c2ccccc2)c1=O. The van der Waals surface area contributed by atoms with Crippen molar-refractivity contribution in [2.75, 3.05) is 0 Å². The first-order valence-corrected chi connectivity index (χ1v) is 12.9. The summed E-state index contributed by atoms with van der Waals surface area (Å²) >= 11 is 6.08. The van der Waals surface area contributed by atoms with E-state index in [0.29, 0.717) is 50.4 Å². The molecular formula is C31H25ClN4O3. The third kappa shape index (κ3) is 4.36. The molecule has 3 aromatic carbocycles. The molecule has 0 unspecified atom stereocenters. The van der Waals surface area contributed by atoms with Crippen molar-refractivity contribution >= 4 is 11.6 Å². The Morgan fingerprint density at radius 1 is 0.667 bits per heavy atom. The quantitative estimate of drug-likeness (QED) is 0.260. The van der Waals surface area contributed by atoms with Crippen molar-refractivity contribution in [3.63, 3.8) is 0 Å². The molecule has 194 valence electrons. The normalized spacial score (nSPS) is 11.4. The third-order valence-corrected chi connectivity index (χ3v) is 7.13. The van der Waals surface area contributed by atoms with Gasteiger partial charge in [0.1, 0.15) is 11.5 Å². The number of benzene rings is 3. The van der Waals surface area contributed by atoms with E-state index in [1.807, 2.05) is 98.8 Å². The van der Waals surface area contributed by atoms with Crippen LogP contribution >= 0.6 is 11.6 Å². The Morgan fingerprint density at radius 2 is 1.15 bits per heavy atom. The molecule has 3 heterocycles. The minimum atomic E-state index is -0.756. The highest BCUT2D eigenvalue weighted by molar-refractivity contribution is 6.30. The van der Waals surface area contributed by atoms with Gasteiger partial charge in [0.05, 0.1) is 28.4 Å². The van der Waals surface area contributed by atoms with Crippen molar-refractivity contribution < 1.29 is 4.42 Å². The van der Waals surface area contributed by atoms with Gasteiger partial charge in [-0.15, -0.1) is 0 Å². The second-order valence-electron chi connectivity index (χ2n) is 9.40. The molecule has 0 fully saturated rings. The van der Waals surface area contributed by atoms with E-state index in [1.165, 1.54) is 9.36 Å². The number of aromatic nitrogens is 4. The Labute approximate surface area is 228 Å². The number of aromatic amines is 2. The van der Waals surface area contributed by atoms with Gasteiger partial charge in [0.2, 0.25) is 0 Å². The second kappa shape index (κ2) is 9.85. The molecule has 6 aromatic rings. The first-order chi connectivity index (χ1) is 18.9. The topological polar surface area (TPSA) is 88.7 Å². The molecule has 7 nitrogen and oxygen atoms in total. The van der Waals surface area contributed by atoms with Crippen LogP contribution in [0, 0.1) is 13.8 Å². The Bertz CT molecular complexity index is 1780. The molecule has 0 aliphatic carbocycles. The lowest BCUT2D eigenvalue weighted by atomic mass is 9.89. The summed E-state index contributed by atoms with van der Waals surface area (Å²) in [6, 6.07) is 29.7. The lowest BCUT2D eigenvalue weighted by Crippen LogP contribution is -2.25. The third-order valence-electron chi connectivity index (χ3n) is 6.88. The molecule has 0 amide bonds. The molecule has 39 heavy (non-hydrogen) atoms. The summed E-state index contributed by atoms with van der Waals surface area (Å²) in [5.74, 6) is 0.340. The lowest BCUT2D eigenvalue weighted by Gasteiger charge is -2.13. The van der Waals surface area contributed by atoms with Gasteiger partial charge in [-0.25, -0.2) is 9.36 Å². The van der Waals surface area contributed by atoms with Gasteiger partial charge in [-0.1, -0.05) is 48.0 Å². The van der Waals surface area contributed by atoms with Gasteiger partial charge in [0, 0.05) is 22.0 Å². The van der Waals surface area contributed by atoms with E-state index in [1.54, 1.807) is 12.1 Å². The van der Waals surface area contributed by atoms with E-state index in [4.69, 9.17) is 16.0 Å². The van der Waals surface area contributed by atoms with E-state index >= 15 is 0 Å². The molecule has 0 atom stereocenters. The van der Waals surface area contributed by atoms with Crippen LogP contribution < -0.4 is 11.1 Å². The summed E-state index contributed by atoms with van der Waals surface area (Å²) in [7, 11) is 0. The maximum absolute atomic E-state index is 13.9. The first kappa shape index (κ1) is 24.6. The average molecular weight is 537 g/mol. The van der Waals surface area contributed by atoms with Gasteiger partial charge in [0.15, 0.2) is 0 Å². The number of para-hydroxylation sites is 2. The number of furan rings is 1. The van der Waals surface area contributed by atoms with Crippen LogP contribution in [0.15, 0.2) is 111 Å². The number of aryl methyl sites for hydroxylation is 2. The van der Waals surface area contributed by atoms with Crippen LogP contribution in [0.3, 0.4) is 0 Å². The van der Waals surface area contributed by atoms with Crippen LogP contribution in [0.25, 0.3) is 22.7 Å². The summed E-state index contributed by atoms with van der Waals surface area (Å²) in [5.41, 5.74) is 3.90. The van der Waals surface area contributed by atoms with Gasteiger partial charge in [0.25, 0.3) is 11.1 Å². The fourth-order valence-electron chi connectivity index (χ4n) is 5.02. The Kier molecular flexibility index (Phi) is 6.21. The predicted octanol–water partition coefficient (Wildman–Crippen LogP) is 6.36. The lowest BCUT2D eigenvalue weighted by molar-refractivity contribution is 0.513. The molecule has 0 bridgehead atoms. The van der Waals surface area contributed by atoms with Crippen molar-refractivity contribution in [3.8, 4) is 22.7 Å². The fourth-order valence-corrected chi connectivity index (χ4v) is 5.15. The number of hydrogen-bond donors (Lipinski definition) is 2. The summed E-state index contributed by atoms with van der Waals surface area (Å²) in [5, 5.41) is 7.02. The number of nitrogens with zero attached hydrogens (tertiary/aromatic N) is 2. The number of H-pyrrole nitrogens is 2. The van der Waals surface area contributed by atoms with Crippen molar-refractivity contribution in [2.45, 2.75) is 19.8 Å². The zero-order valence-electron chi connectivity index (χ0n) is 21.3. The molecule has 0 spiro atoms. The molecule has 2 N–H and O–H groups in total. The summed E-state index contributed by atoms with van der Waals surface area (Å²) in [4.78, 5) is 27.9. The zero-order valence-corrected chi connectivity index (χ0v) is 22.1. The van der Waals surface area contributed by atoms with Crippen molar-refractivity contribution in [1.82, 2.24) is 19.6 Å². The van der Waals surface area contributed by atoms with E-state index in [-0.39, 0.29) is 11.1 Å². The molecule has 0 aliphatic heterocycles. The van der Waals surface area contributed by atoms with E-state index in [2.05, 4.69) is 10.2 Å². The van der Waals surface area contributed by atoms with E-state index in [9.17, 15) is 9.59 Å². The highest BCUT2D eigenvalue weighted by Crippen LogP contribution is 2.35. The van der Waals surface area contributed by atoms with Gasteiger partial charge in [-0.3, -0.25) is 19.8 Å². The van der Waals surface area contributed by atoms with Crippen molar-refractivity contribution in [3.05, 3.63) is 151 Å². The van der Waals surface area contributed by atoms with Crippen LogP contribution in [0.5, 0.6) is 0 Å². The van der Waals surface area contributed by atoms with Gasteiger partial charge in [-0.05, 0) is 74.5 Å². The summed E-state index contributed by atoms with van der Waals surface area (Å²) in [6.45, 7) is 3.67. The molecule has 8 heteroatoms. The number of halogens is 1. The highest BCUT2D eigenvalue weighted by Gasteiger charge is 2.33. The number of rotatable bonds is 6. The van der Waals surface area contributed by atoms with Crippen molar-refractivity contribution in [1.29, 1.82) is 0 Å². The Morgan fingerprint density at radius 3 is 1.64 bits per heavy atom. The second-order valence-corrected chi connectivity index (χ2v) is 9.83. The monoisotopic (exact) mass is 536 g/mol. The van der Waals surface area contributed by atoms with E-state index < -0.39 is 5.92 Å². The van der Waals surface area contributed by atoms with Crippen molar-refractivity contribution in [2.24, 2.45) is 0 Å². The molecule has 6 rings (SSSR count). The van der Waals surface area contributed by atoms with Crippen LogP contribution in [-0.2, 0) is 0 Å². The number of hydrogen-bond acceptors (Lipinski definition) is 3. The minimum absolute atomic E-state index is 0.251. The average Bonchev–Trinajstić information content (AvgIpc) is 3.64. The molecular weight excluding hydrogens is 512 g/mol. The molecule has 0 saturated carbocycles. The molecule has 0 radical (unpaired) electrons.